The Morgan fingerprint density at radius 2 is 2.04 bits per heavy atom. The van der Waals surface area contributed by atoms with Crippen molar-refractivity contribution in [2.24, 2.45) is 0 Å². The Labute approximate surface area is 143 Å². The molecule has 0 unspecified atom stereocenters. The molecule has 25 heavy (non-hydrogen) atoms. The van der Waals surface area contributed by atoms with Gasteiger partial charge in [0.25, 0.3) is 5.91 Å². The van der Waals surface area contributed by atoms with Gasteiger partial charge in [-0.2, -0.15) is 0 Å². The molecule has 0 fully saturated rings. The molecule has 3 aromatic rings. The number of aromatic nitrogens is 3. The first-order chi connectivity index (χ1) is 12.2. The summed E-state index contributed by atoms with van der Waals surface area (Å²) in [7, 11) is 0. The minimum absolute atomic E-state index is 0.236. The molecule has 0 bridgehead atoms. The van der Waals surface area contributed by atoms with Gasteiger partial charge in [0.1, 0.15) is 0 Å². The van der Waals surface area contributed by atoms with Crippen molar-refractivity contribution in [3.8, 4) is 0 Å². The third-order valence-corrected chi connectivity index (χ3v) is 3.44. The van der Waals surface area contributed by atoms with E-state index in [4.69, 9.17) is 4.74 Å². The quantitative estimate of drug-likeness (QED) is 0.743. The Bertz CT molecular complexity index is 906. The lowest BCUT2D eigenvalue weighted by molar-refractivity contribution is 0.0949. The van der Waals surface area contributed by atoms with Crippen LogP contribution in [-0.2, 0) is 11.3 Å². The molecule has 8 heteroatoms. The highest BCUT2D eigenvalue weighted by Crippen LogP contribution is 2.11. The van der Waals surface area contributed by atoms with Crippen LogP contribution in [0.2, 0.25) is 0 Å². The summed E-state index contributed by atoms with van der Waals surface area (Å²) >= 11 is 0. The third-order valence-electron chi connectivity index (χ3n) is 3.44. The molecule has 3 rings (SSSR count). The summed E-state index contributed by atoms with van der Waals surface area (Å²) in [6.45, 7) is 2.23. The van der Waals surface area contributed by atoms with E-state index in [2.05, 4.69) is 20.8 Å². The van der Waals surface area contributed by atoms with Gasteiger partial charge in [0, 0.05) is 17.4 Å². The van der Waals surface area contributed by atoms with E-state index in [9.17, 15) is 9.59 Å². The third kappa shape index (κ3) is 3.92. The summed E-state index contributed by atoms with van der Waals surface area (Å²) in [5.41, 5.74) is 1.62. The zero-order valence-electron chi connectivity index (χ0n) is 13.6. The molecule has 1 aromatic carbocycles. The van der Waals surface area contributed by atoms with Gasteiger partial charge in [-0.3, -0.25) is 14.5 Å². The van der Waals surface area contributed by atoms with E-state index in [-0.39, 0.29) is 19.1 Å². The Morgan fingerprint density at radius 1 is 1.16 bits per heavy atom. The number of hydrogen-bond donors (Lipinski definition) is 2. The average Bonchev–Trinajstić information content (AvgIpc) is 3.03. The van der Waals surface area contributed by atoms with Crippen molar-refractivity contribution in [1.82, 2.24) is 19.9 Å². The zero-order valence-corrected chi connectivity index (χ0v) is 13.6. The maximum absolute atomic E-state index is 12.3. The fourth-order valence-corrected chi connectivity index (χ4v) is 2.30. The van der Waals surface area contributed by atoms with Gasteiger partial charge in [-0.1, -0.05) is 12.1 Å². The van der Waals surface area contributed by atoms with Crippen LogP contribution in [0.4, 0.5) is 10.5 Å². The van der Waals surface area contributed by atoms with Crippen LogP contribution in [0.3, 0.4) is 0 Å². The maximum Gasteiger partial charge on any atom is 0.411 e. The van der Waals surface area contributed by atoms with E-state index in [0.717, 1.165) is 0 Å². The topological polar surface area (TPSA) is 97.6 Å². The number of ether oxygens (including phenoxy) is 1. The smallest absolute Gasteiger partial charge is 0.411 e. The van der Waals surface area contributed by atoms with Crippen LogP contribution in [0, 0.1) is 0 Å². The summed E-state index contributed by atoms with van der Waals surface area (Å²) < 4.78 is 6.62. The summed E-state index contributed by atoms with van der Waals surface area (Å²) in [6.07, 6.45) is 1.27. The van der Waals surface area contributed by atoms with Crippen LogP contribution in [0.1, 0.15) is 23.1 Å². The molecule has 0 aliphatic rings. The largest absolute Gasteiger partial charge is 0.450 e. The van der Waals surface area contributed by atoms with Crippen molar-refractivity contribution in [3.05, 3.63) is 60.0 Å². The van der Waals surface area contributed by atoms with Crippen LogP contribution in [0.25, 0.3) is 5.65 Å². The first kappa shape index (κ1) is 16.4. The van der Waals surface area contributed by atoms with E-state index < -0.39 is 6.09 Å². The molecule has 0 atom stereocenters. The summed E-state index contributed by atoms with van der Waals surface area (Å²) in [5, 5.41) is 13.5. The minimum Gasteiger partial charge on any atom is -0.450 e. The number of rotatable bonds is 5. The highest BCUT2D eigenvalue weighted by Gasteiger charge is 2.10. The molecule has 0 aliphatic carbocycles. The monoisotopic (exact) mass is 339 g/mol. The van der Waals surface area contributed by atoms with Gasteiger partial charge < -0.3 is 10.1 Å². The average molecular weight is 339 g/mol. The zero-order chi connectivity index (χ0) is 17.6. The van der Waals surface area contributed by atoms with E-state index in [1.54, 1.807) is 35.6 Å². The number of pyridine rings is 1. The first-order valence-corrected chi connectivity index (χ1v) is 7.78. The fourth-order valence-electron chi connectivity index (χ4n) is 2.30. The molecular weight excluding hydrogens is 322 g/mol. The van der Waals surface area contributed by atoms with Crippen LogP contribution >= 0.6 is 0 Å². The standard InChI is InChI=1S/C17H17N5O3/c1-2-25-17(24)19-13-7-5-6-12(10-13)16(23)18-11-15-21-20-14-8-3-4-9-22(14)15/h3-10H,2,11H2,1H3,(H,18,23)(H,19,24). The highest BCUT2D eigenvalue weighted by molar-refractivity contribution is 5.96. The number of fused-ring (bicyclic) bond motifs is 1. The van der Waals surface area contributed by atoms with Gasteiger partial charge in [-0.05, 0) is 37.3 Å². The predicted molar refractivity (Wildman–Crippen MR) is 91.2 cm³/mol. The molecule has 8 nitrogen and oxygen atoms in total. The van der Waals surface area contributed by atoms with Gasteiger partial charge in [0.2, 0.25) is 0 Å². The molecule has 2 aromatic heterocycles. The lowest BCUT2D eigenvalue weighted by atomic mass is 10.2. The number of hydrogen-bond acceptors (Lipinski definition) is 5. The van der Waals surface area contributed by atoms with Gasteiger partial charge in [0.05, 0.1) is 13.2 Å². The van der Waals surface area contributed by atoms with Crippen molar-refractivity contribution in [3.63, 3.8) is 0 Å². The van der Waals surface area contributed by atoms with Crippen molar-refractivity contribution < 1.29 is 14.3 Å². The molecule has 0 radical (unpaired) electrons. The van der Waals surface area contributed by atoms with E-state index in [1.165, 1.54) is 0 Å². The second-order valence-corrected chi connectivity index (χ2v) is 5.15. The SMILES string of the molecule is CCOC(=O)Nc1cccc(C(=O)NCc2nnc3ccccn23)c1. The number of carbonyl (C=O) groups excluding carboxylic acids is 2. The Hall–Kier alpha value is -3.42. The molecular formula is C17H17N5O3. The molecule has 0 saturated heterocycles. The second kappa shape index (κ2) is 7.43. The van der Waals surface area contributed by atoms with Crippen LogP contribution in [0.15, 0.2) is 48.7 Å². The van der Waals surface area contributed by atoms with Crippen LogP contribution in [0.5, 0.6) is 0 Å². The van der Waals surface area contributed by atoms with Crippen LogP contribution < -0.4 is 10.6 Å². The van der Waals surface area contributed by atoms with Gasteiger partial charge in [-0.15, -0.1) is 10.2 Å². The van der Waals surface area contributed by atoms with Crippen molar-refractivity contribution in [1.29, 1.82) is 0 Å². The molecule has 0 aliphatic heterocycles. The normalized spacial score (nSPS) is 10.4. The minimum atomic E-state index is -0.560. The number of amides is 2. The number of carbonyl (C=O) groups is 2. The van der Waals surface area contributed by atoms with E-state index in [0.29, 0.717) is 22.7 Å². The van der Waals surface area contributed by atoms with E-state index in [1.807, 2.05) is 24.4 Å². The van der Waals surface area contributed by atoms with Gasteiger partial charge in [-0.25, -0.2) is 4.79 Å². The maximum atomic E-state index is 12.3. The lowest BCUT2D eigenvalue weighted by Gasteiger charge is -2.08. The predicted octanol–water partition coefficient (Wildman–Crippen LogP) is 2.23. The van der Waals surface area contributed by atoms with Gasteiger partial charge in [0.15, 0.2) is 11.5 Å². The Morgan fingerprint density at radius 3 is 2.88 bits per heavy atom. The van der Waals surface area contributed by atoms with Gasteiger partial charge >= 0.3 is 6.09 Å². The van der Waals surface area contributed by atoms with Crippen molar-refractivity contribution in [2.45, 2.75) is 13.5 Å². The summed E-state index contributed by atoms with van der Waals surface area (Å²) in [6, 6.07) is 12.2. The number of benzene rings is 1. The molecule has 0 spiro atoms. The second-order valence-electron chi connectivity index (χ2n) is 5.15. The van der Waals surface area contributed by atoms with Crippen molar-refractivity contribution in [2.75, 3.05) is 11.9 Å². The summed E-state index contributed by atoms with van der Waals surface area (Å²) in [4.78, 5) is 23.8. The number of nitrogens with zero attached hydrogens (tertiary/aromatic N) is 3. The first-order valence-electron chi connectivity index (χ1n) is 7.78. The number of nitrogens with one attached hydrogen (secondary N) is 2. The fraction of sp³-hybridized carbons (Fsp3) is 0.176. The Kier molecular flexibility index (Phi) is 4.89. The molecule has 2 amide bonds. The lowest BCUT2D eigenvalue weighted by Crippen LogP contribution is -2.24. The van der Waals surface area contributed by atoms with Crippen LogP contribution in [-0.4, -0.2) is 33.2 Å². The molecule has 128 valence electrons. The highest BCUT2D eigenvalue weighted by atomic mass is 16.5. The molecule has 2 heterocycles. The van der Waals surface area contributed by atoms with E-state index >= 15 is 0 Å². The number of anilines is 1. The molecule has 0 saturated carbocycles. The van der Waals surface area contributed by atoms with Crippen molar-refractivity contribution >= 4 is 23.3 Å². The molecule has 2 N–H and O–H groups in total. The summed E-state index contributed by atoms with van der Waals surface area (Å²) in [5.74, 6) is 0.352. The Balaban J connectivity index is 1.66.